The molecule has 0 radical (unpaired) electrons. The molecular formula is C23H20O2. The van der Waals surface area contributed by atoms with E-state index in [1.807, 2.05) is 78.9 Å². The molecule has 1 atom stereocenters. The normalized spacial score (nSPS) is 12.4. The second-order valence-electron chi connectivity index (χ2n) is 5.79. The lowest BCUT2D eigenvalue weighted by molar-refractivity contribution is -0.105. The minimum absolute atomic E-state index is 0.121. The summed E-state index contributed by atoms with van der Waals surface area (Å²) in [5.41, 5.74) is 3.88. The second kappa shape index (κ2) is 8.11. The summed E-state index contributed by atoms with van der Waals surface area (Å²) in [6.45, 7) is 0. The molecule has 0 bridgehead atoms. The molecule has 3 aromatic rings. The monoisotopic (exact) mass is 328 g/mol. The molecule has 0 amide bonds. The molecule has 0 N–H and O–H groups in total. The number of carbonyl (C=O) groups excluding carboxylic acids is 1. The zero-order valence-electron chi connectivity index (χ0n) is 14.1. The van der Waals surface area contributed by atoms with Crippen molar-refractivity contribution < 1.29 is 9.53 Å². The van der Waals surface area contributed by atoms with Crippen molar-refractivity contribution in [2.45, 2.75) is 5.92 Å². The van der Waals surface area contributed by atoms with Gasteiger partial charge in [0.25, 0.3) is 0 Å². The maximum absolute atomic E-state index is 11.9. The van der Waals surface area contributed by atoms with Crippen molar-refractivity contribution in [3.05, 3.63) is 107 Å². The van der Waals surface area contributed by atoms with E-state index in [1.165, 1.54) is 0 Å². The second-order valence-corrected chi connectivity index (χ2v) is 5.79. The molecule has 0 fully saturated rings. The number of aldehydes is 1. The molecule has 0 aliphatic heterocycles. The Kier molecular flexibility index (Phi) is 5.43. The molecule has 0 saturated heterocycles. The smallest absolute Gasteiger partial charge is 0.147 e. The molecule has 0 aliphatic rings. The molecule has 0 spiro atoms. The van der Waals surface area contributed by atoms with E-state index in [4.69, 9.17) is 4.74 Å². The highest BCUT2D eigenvalue weighted by Gasteiger charge is 2.19. The first-order valence-corrected chi connectivity index (χ1v) is 8.22. The van der Waals surface area contributed by atoms with E-state index in [0.29, 0.717) is 0 Å². The molecule has 124 valence electrons. The van der Waals surface area contributed by atoms with Crippen LogP contribution in [0.1, 0.15) is 22.6 Å². The van der Waals surface area contributed by atoms with Gasteiger partial charge in [-0.25, -0.2) is 0 Å². The number of methoxy groups -OCH3 is 1. The molecule has 2 heteroatoms. The van der Waals surface area contributed by atoms with Crippen molar-refractivity contribution in [1.82, 2.24) is 0 Å². The van der Waals surface area contributed by atoms with Gasteiger partial charge in [-0.3, -0.25) is 4.79 Å². The van der Waals surface area contributed by atoms with Gasteiger partial charge >= 0.3 is 0 Å². The highest BCUT2D eigenvalue weighted by Crippen LogP contribution is 2.33. The van der Waals surface area contributed by atoms with Crippen LogP contribution in [0.4, 0.5) is 0 Å². The fourth-order valence-electron chi connectivity index (χ4n) is 2.95. The van der Waals surface area contributed by atoms with Gasteiger partial charge in [-0.15, -0.1) is 0 Å². The van der Waals surface area contributed by atoms with Crippen LogP contribution in [-0.2, 0) is 4.79 Å². The van der Waals surface area contributed by atoms with Gasteiger partial charge in [0, 0.05) is 11.5 Å². The van der Waals surface area contributed by atoms with Crippen LogP contribution in [-0.4, -0.2) is 13.4 Å². The molecule has 0 aliphatic carbocycles. The van der Waals surface area contributed by atoms with E-state index in [2.05, 4.69) is 12.1 Å². The highest BCUT2D eigenvalue weighted by atomic mass is 16.5. The lowest BCUT2D eigenvalue weighted by atomic mass is 9.84. The summed E-state index contributed by atoms with van der Waals surface area (Å²) in [6, 6.07) is 27.9. The van der Waals surface area contributed by atoms with E-state index in [-0.39, 0.29) is 5.92 Å². The predicted molar refractivity (Wildman–Crippen MR) is 102 cm³/mol. The summed E-state index contributed by atoms with van der Waals surface area (Å²) < 4.78 is 5.25. The molecule has 3 rings (SSSR count). The van der Waals surface area contributed by atoms with E-state index in [1.54, 1.807) is 7.11 Å². The molecular weight excluding hydrogens is 308 g/mol. The van der Waals surface area contributed by atoms with Crippen LogP contribution < -0.4 is 4.74 Å². The maximum atomic E-state index is 11.9. The molecule has 0 saturated carbocycles. The summed E-state index contributed by atoms with van der Waals surface area (Å²) in [4.78, 5) is 11.9. The number of carbonyl (C=O) groups is 1. The predicted octanol–water partition coefficient (Wildman–Crippen LogP) is 5.11. The van der Waals surface area contributed by atoms with Crippen molar-refractivity contribution in [3.8, 4) is 5.75 Å². The Hall–Kier alpha value is -3.13. The maximum Gasteiger partial charge on any atom is 0.147 e. The van der Waals surface area contributed by atoms with E-state index in [9.17, 15) is 4.79 Å². The van der Waals surface area contributed by atoms with Crippen molar-refractivity contribution >= 4 is 12.4 Å². The van der Waals surface area contributed by atoms with Gasteiger partial charge in [0.2, 0.25) is 0 Å². The Labute approximate surface area is 148 Å². The first kappa shape index (κ1) is 16.7. The lowest BCUT2D eigenvalue weighted by Gasteiger charge is -2.19. The largest absolute Gasteiger partial charge is 0.497 e. The van der Waals surface area contributed by atoms with Crippen LogP contribution in [0.3, 0.4) is 0 Å². The van der Waals surface area contributed by atoms with Gasteiger partial charge < -0.3 is 4.74 Å². The standard InChI is InChI=1S/C23H20O2/c1-25-22-14-12-20(13-15-22)23(19-10-6-3-7-11-19)21(17-24)16-18-8-4-2-5-9-18/h2-17,23H,1H3. The van der Waals surface area contributed by atoms with Gasteiger partial charge in [-0.1, -0.05) is 72.8 Å². The first-order valence-electron chi connectivity index (χ1n) is 8.22. The third kappa shape index (κ3) is 4.04. The third-order valence-electron chi connectivity index (χ3n) is 4.18. The van der Waals surface area contributed by atoms with Gasteiger partial charge in [-0.05, 0) is 34.9 Å². The van der Waals surface area contributed by atoms with Gasteiger partial charge in [0.1, 0.15) is 12.0 Å². The number of hydrogen-bond acceptors (Lipinski definition) is 2. The summed E-state index contributed by atoms with van der Waals surface area (Å²) in [5.74, 6) is 0.681. The molecule has 0 aromatic heterocycles. The van der Waals surface area contributed by atoms with Crippen LogP contribution >= 0.6 is 0 Å². The van der Waals surface area contributed by atoms with Crippen molar-refractivity contribution in [2.75, 3.05) is 7.11 Å². The van der Waals surface area contributed by atoms with E-state index in [0.717, 1.165) is 34.3 Å². The van der Waals surface area contributed by atoms with Crippen molar-refractivity contribution in [2.24, 2.45) is 0 Å². The van der Waals surface area contributed by atoms with Gasteiger partial charge in [-0.2, -0.15) is 0 Å². The van der Waals surface area contributed by atoms with Crippen LogP contribution in [0.15, 0.2) is 90.5 Å². The third-order valence-corrected chi connectivity index (χ3v) is 4.18. The molecule has 3 aromatic carbocycles. The zero-order valence-corrected chi connectivity index (χ0v) is 14.1. The van der Waals surface area contributed by atoms with Crippen LogP contribution in [0.2, 0.25) is 0 Å². The fraction of sp³-hybridized carbons (Fsp3) is 0.0870. The van der Waals surface area contributed by atoms with Crippen molar-refractivity contribution in [3.63, 3.8) is 0 Å². The van der Waals surface area contributed by atoms with E-state index < -0.39 is 0 Å². The molecule has 25 heavy (non-hydrogen) atoms. The summed E-state index contributed by atoms with van der Waals surface area (Å²) in [6.07, 6.45) is 2.91. The summed E-state index contributed by atoms with van der Waals surface area (Å²) >= 11 is 0. The van der Waals surface area contributed by atoms with Crippen LogP contribution in [0, 0.1) is 0 Å². The minimum Gasteiger partial charge on any atom is -0.497 e. The Morgan fingerprint density at radius 1 is 0.800 bits per heavy atom. The summed E-state index contributed by atoms with van der Waals surface area (Å²) in [7, 11) is 1.65. The number of benzene rings is 3. The number of hydrogen-bond donors (Lipinski definition) is 0. The fourth-order valence-corrected chi connectivity index (χ4v) is 2.95. The molecule has 1 unspecified atom stereocenters. The Morgan fingerprint density at radius 2 is 1.36 bits per heavy atom. The van der Waals surface area contributed by atoms with Gasteiger partial charge in [0.05, 0.1) is 7.11 Å². The first-order chi connectivity index (χ1) is 12.3. The number of ether oxygens (including phenoxy) is 1. The summed E-state index contributed by atoms with van der Waals surface area (Å²) in [5, 5.41) is 0. The number of rotatable bonds is 6. The average Bonchev–Trinajstić information content (AvgIpc) is 2.69. The quantitative estimate of drug-likeness (QED) is 0.464. The Balaban J connectivity index is 2.09. The zero-order chi connectivity index (χ0) is 17.5. The van der Waals surface area contributed by atoms with Crippen LogP contribution in [0.5, 0.6) is 5.75 Å². The average molecular weight is 328 g/mol. The Morgan fingerprint density at radius 3 is 1.92 bits per heavy atom. The van der Waals surface area contributed by atoms with E-state index >= 15 is 0 Å². The number of allylic oxidation sites excluding steroid dienone is 1. The van der Waals surface area contributed by atoms with Crippen molar-refractivity contribution in [1.29, 1.82) is 0 Å². The van der Waals surface area contributed by atoms with Gasteiger partial charge in [0.15, 0.2) is 0 Å². The molecule has 2 nitrogen and oxygen atoms in total. The SMILES string of the molecule is COc1ccc(C(C(C=O)=Cc2ccccc2)c2ccccc2)cc1. The molecule has 0 heterocycles. The lowest BCUT2D eigenvalue weighted by Crippen LogP contribution is -2.06. The Bertz CT molecular complexity index is 834. The topological polar surface area (TPSA) is 26.3 Å². The minimum atomic E-state index is -0.121. The highest BCUT2D eigenvalue weighted by molar-refractivity contribution is 5.85. The van der Waals surface area contributed by atoms with Crippen LogP contribution in [0.25, 0.3) is 6.08 Å².